The summed E-state index contributed by atoms with van der Waals surface area (Å²) in [5, 5.41) is 0. The largest absolute Gasteiger partial charge is 0.495 e. The molecule has 148 valence electrons. The molecule has 3 rings (SSSR count). The van der Waals surface area contributed by atoms with E-state index < -0.39 is 0 Å². The summed E-state index contributed by atoms with van der Waals surface area (Å²) in [5.41, 5.74) is 2.14. The minimum absolute atomic E-state index is 0.107. The number of carbonyl (C=O) groups is 1. The molecule has 28 heavy (non-hydrogen) atoms. The van der Waals surface area contributed by atoms with Crippen LogP contribution in [-0.4, -0.2) is 30.4 Å². The Kier molecular flexibility index (Phi) is 6.80. The van der Waals surface area contributed by atoms with Gasteiger partial charge in [-0.05, 0) is 43.4 Å². The molecule has 0 saturated carbocycles. The van der Waals surface area contributed by atoms with Crippen molar-refractivity contribution in [2.75, 3.05) is 20.0 Å². The first-order chi connectivity index (χ1) is 13.5. The van der Waals surface area contributed by atoms with Gasteiger partial charge in [-0.2, -0.15) is 4.99 Å². The van der Waals surface area contributed by atoms with Gasteiger partial charge in [0.05, 0.1) is 14.2 Å². The molecule has 0 fully saturated rings. The number of thioether (sulfide) groups is 1. The maximum atomic E-state index is 12.4. The molecular weight excluding hydrogens is 392 g/mol. The Hall–Kier alpha value is -2.25. The van der Waals surface area contributed by atoms with Crippen molar-refractivity contribution in [2.24, 2.45) is 12.0 Å². The summed E-state index contributed by atoms with van der Waals surface area (Å²) in [7, 11) is 5.15. The van der Waals surface area contributed by atoms with Crippen LogP contribution in [0.2, 0.25) is 0 Å². The zero-order valence-electron chi connectivity index (χ0n) is 16.5. The average Bonchev–Trinajstić information content (AvgIpc) is 3.02. The Morgan fingerprint density at radius 2 is 1.79 bits per heavy atom. The maximum absolute atomic E-state index is 12.4. The van der Waals surface area contributed by atoms with E-state index in [0.29, 0.717) is 11.2 Å². The zero-order valence-corrected chi connectivity index (χ0v) is 18.2. The molecule has 1 heterocycles. The van der Waals surface area contributed by atoms with Crippen molar-refractivity contribution in [1.29, 1.82) is 0 Å². The lowest BCUT2D eigenvalue weighted by molar-refractivity contribution is -0.118. The molecular formula is C21H24N2O3S2. The van der Waals surface area contributed by atoms with Gasteiger partial charge in [-0.25, -0.2) is 0 Å². The molecule has 0 radical (unpaired) electrons. The molecule has 7 heteroatoms. The van der Waals surface area contributed by atoms with Gasteiger partial charge in [0, 0.05) is 18.4 Å². The van der Waals surface area contributed by atoms with Crippen molar-refractivity contribution in [3.63, 3.8) is 0 Å². The van der Waals surface area contributed by atoms with E-state index in [0.717, 1.165) is 33.9 Å². The number of rotatable bonds is 7. The average molecular weight is 417 g/mol. The van der Waals surface area contributed by atoms with Crippen LogP contribution in [0, 0.1) is 6.92 Å². The molecule has 1 aromatic heterocycles. The normalized spacial score (nSPS) is 11.8. The van der Waals surface area contributed by atoms with Crippen LogP contribution in [0.5, 0.6) is 11.5 Å². The van der Waals surface area contributed by atoms with Crippen LogP contribution in [0.1, 0.15) is 18.4 Å². The summed E-state index contributed by atoms with van der Waals surface area (Å²) in [5.74, 6) is 2.27. The zero-order chi connectivity index (χ0) is 20.1. The lowest BCUT2D eigenvalue weighted by Gasteiger charge is -2.06. The van der Waals surface area contributed by atoms with Crippen LogP contribution in [0.3, 0.4) is 0 Å². The Morgan fingerprint density at radius 1 is 1.11 bits per heavy atom. The van der Waals surface area contributed by atoms with Crippen LogP contribution in [0.4, 0.5) is 0 Å². The van der Waals surface area contributed by atoms with E-state index in [-0.39, 0.29) is 5.91 Å². The van der Waals surface area contributed by atoms with E-state index in [1.54, 1.807) is 26.0 Å². The third-order valence-electron chi connectivity index (χ3n) is 4.36. The van der Waals surface area contributed by atoms with Crippen molar-refractivity contribution < 1.29 is 14.3 Å². The number of aromatic nitrogens is 1. The van der Waals surface area contributed by atoms with Gasteiger partial charge in [-0.15, -0.1) is 11.8 Å². The number of carbonyl (C=O) groups excluding carboxylic acids is 1. The van der Waals surface area contributed by atoms with Gasteiger partial charge in [0.25, 0.3) is 0 Å². The number of ether oxygens (including phenoxy) is 2. The van der Waals surface area contributed by atoms with Crippen molar-refractivity contribution in [3.05, 3.63) is 46.8 Å². The Balaban J connectivity index is 1.70. The number of fused-ring (bicyclic) bond motifs is 1. The van der Waals surface area contributed by atoms with E-state index in [2.05, 4.69) is 36.2 Å². The van der Waals surface area contributed by atoms with Gasteiger partial charge >= 0.3 is 0 Å². The fraction of sp³-hybridized carbons (Fsp3) is 0.333. The first kappa shape index (κ1) is 20.5. The molecule has 0 atom stereocenters. The first-order valence-corrected chi connectivity index (χ1v) is 10.8. The number of thiazole rings is 1. The Labute approximate surface area is 173 Å². The molecule has 5 nitrogen and oxygen atoms in total. The van der Waals surface area contributed by atoms with E-state index in [4.69, 9.17) is 9.47 Å². The molecule has 2 aromatic carbocycles. The second-order valence-electron chi connectivity index (χ2n) is 6.36. The maximum Gasteiger partial charge on any atom is 0.248 e. The predicted octanol–water partition coefficient (Wildman–Crippen LogP) is 4.57. The van der Waals surface area contributed by atoms with Crippen molar-refractivity contribution >= 4 is 39.2 Å². The number of methoxy groups -OCH3 is 2. The molecule has 1 amide bonds. The monoisotopic (exact) mass is 416 g/mol. The van der Waals surface area contributed by atoms with Crippen LogP contribution >= 0.6 is 23.1 Å². The predicted molar refractivity (Wildman–Crippen MR) is 116 cm³/mol. The van der Waals surface area contributed by atoms with Gasteiger partial charge in [0.2, 0.25) is 5.91 Å². The topological polar surface area (TPSA) is 52.8 Å². The quantitative estimate of drug-likeness (QED) is 0.418. The SMILES string of the molecule is COc1ccc(OC)c2c1sc(=NC(=O)CCCSc1ccc(C)cc1)n2C. The number of nitrogens with zero attached hydrogens (tertiary/aromatic N) is 2. The number of hydrogen-bond acceptors (Lipinski definition) is 5. The summed E-state index contributed by atoms with van der Waals surface area (Å²) >= 11 is 3.20. The Morgan fingerprint density at radius 3 is 2.46 bits per heavy atom. The van der Waals surface area contributed by atoms with Crippen molar-refractivity contribution in [1.82, 2.24) is 4.57 Å². The smallest absolute Gasteiger partial charge is 0.248 e. The van der Waals surface area contributed by atoms with E-state index >= 15 is 0 Å². The highest BCUT2D eigenvalue weighted by atomic mass is 32.2. The highest BCUT2D eigenvalue weighted by Gasteiger charge is 2.14. The highest BCUT2D eigenvalue weighted by molar-refractivity contribution is 7.99. The molecule has 0 bridgehead atoms. The third-order valence-corrected chi connectivity index (χ3v) is 6.60. The van der Waals surface area contributed by atoms with Gasteiger partial charge in [-0.3, -0.25) is 4.79 Å². The Bertz CT molecular complexity index is 1040. The molecule has 0 unspecified atom stereocenters. The fourth-order valence-electron chi connectivity index (χ4n) is 2.84. The van der Waals surface area contributed by atoms with E-state index in [9.17, 15) is 4.79 Å². The number of benzene rings is 2. The number of amides is 1. The van der Waals surface area contributed by atoms with Crippen LogP contribution < -0.4 is 14.3 Å². The lowest BCUT2D eigenvalue weighted by Crippen LogP contribution is -2.13. The van der Waals surface area contributed by atoms with Crippen molar-refractivity contribution in [2.45, 2.75) is 24.7 Å². The summed E-state index contributed by atoms with van der Waals surface area (Å²) < 4.78 is 13.7. The van der Waals surface area contributed by atoms with Gasteiger partial charge in [-0.1, -0.05) is 29.0 Å². The highest BCUT2D eigenvalue weighted by Crippen LogP contribution is 2.34. The second-order valence-corrected chi connectivity index (χ2v) is 8.51. The summed E-state index contributed by atoms with van der Waals surface area (Å²) in [4.78, 5) is 18.6. The molecule has 0 spiro atoms. The van der Waals surface area contributed by atoms with Crippen LogP contribution in [-0.2, 0) is 11.8 Å². The summed E-state index contributed by atoms with van der Waals surface area (Å²) in [6.45, 7) is 2.08. The standard InChI is InChI=1S/C21H24N2O3S2/c1-14-7-9-15(10-8-14)27-13-5-6-18(24)22-21-23(2)19-16(25-3)11-12-17(26-4)20(19)28-21/h7-12H,5-6,13H2,1-4H3. The van der Waals surface area contributed by atoms with Crippen molar-refractivity contribution in [3.8, 4) is 11.5 Å². The van der Waals surface area contributed by atoms with E-state index in [1.807, 2.05) is 23.7 Å². The molecule has 0 aliphatic carbocycles. The van der Waals surface area contributed by atoms with Crippen LogP contribution in [0.15, 0.2) is 46.3 Å². The molecule has 0 saturated heterocycles. The van der Waals surface area contributed by atoms with Gasteiger partial charge in [0.15, 0.2) is 4.80 Å². The number of aryl methyl sites for hydroxylation is 2. The minimum atomic E-state index is -0.107. The number of hydrogen-bond donors (Lipinski definition) is 0. The summed E-state index contributed by atoms with van der Waals surface area (Å²) in [6, 6.07) is 12.2. The molecule has 0 aliphatic heterocycles. The molecule has 0 N–H and O–H groups in total. The van der Waals surface area contributed by atoms with Gasteiger partial charge in [0.1, 0.15) is 21.7 Å². The van der Waals surface area contributed by atoms with Gasteiger partial charge < -0.3 is 14.0 Å². The molecule has 0 aliphatic rings. The minimum Gasteiger partial charge on any atom is -0.495 e. The summed E-state index contributed by atoms with van der Waals surface area (Å²) in [6.07, 6.45) is 1.23. The second kappa shape index (κ2) is 9.30. The lowest BCUT2D eigenvalue weighted by atomic mass is 10.2. The van der Waals surface area contributed by atoms with Crippen LogP contribution in [0.25, 0.3) is 10.2 Å². The first-order valence-electron chi connectivity index (χ1n) is 9.01. The molecule has 3 aromatic rings. The van der Waals surface area contributed by atoms with E-state index in [1.165, 1.54) is 21.8 Å². The third kappa shape index (κ3) is 4.59. The fourth-order valence-corrected chi connectivity index (χ4v) is 4.84.